The van der Waals surface area contributed by atoms with Crippen LogP contribution in [-0.2, 0) is 33.3 Å². The number of carbonyl (C=O) groups is 3. The molecule has 1 N–H and O–H groups in total. The van der Waals surface area contributed by atoms with Crippen LogP contribution >= 0.6 is 23.2 Å². The molecule has 2 aromatic rings. The number of anilines is 1. The van der Waals surface area contributed by atoms with E-state index in [-0.39, 0.29) is 17.7 Å². The SMILES string of the molecule is CC(=O)OC[C@H]1O[C@H](n2c(NC(C)C)nc3cc(Cl)c(Cl)cc32)[C@H](OC(C)=O)[C@@H]1OC(C)=O. The molecule has 3 rings (SSSR count). The highest BCUT2D eigenvalue weighted by atomic mass is 35.5. The van der Waals surface area contributed by atoms with Crippen molar-refractivity contribution in [1.29, 1.82) is 0 Å². The van der Waals surface area contributed by atoms with Gasteiger partial charge in [0.2, 0.25) is 5.95 Å². The minimum absolute atomic E-state index is 0.0128. The molecule has 1 aromatic carbocycles. The second kappa shape index (κ2) is 10.1. The number of hydrogen-bond acceptors (Lipinski definition) is 9. The topological polar surface area (TPSA) is 118 Å². The van der Waals surface area contributed by atoms with Crippen LogP contribution in [0, 0.1) is 0 Å². The third-order valence-electron chi connectivity index (χ3n) is 4.74. The number of halogens is 2. The second-order valence-electron chi connectivity index (χ2n) is 7.88. The number of carbonyl (C=O) groups excluding carboxylic acids is 3. The summed E-state index contributed by atoms with van der Waals surface area (Å²) in [6, 6.07) is 3.21. The average Bonchev–Trinajstić information content (AvgIpc) is 3.17. The number of nitrogens with one attached hydrogen (secondary N) is 1. The normalized spacial score (nSPS) is 22.4. The van der Waals surface area contributed by atoms with Crippen molar-refractivity contribution in [1.82, 2.24) is 9.55 Å². The second-order valence-corrected chi connectivity index (χ2v) is 8.69. The van der Waals surface area contributed by atoms with E-state index in [0.717, 1.165) is 0 Å². The van der Waals surface area contributed by atoms with Gasteiger partial charge in [0, 0.05) is 26.8 Å². The molecule has 1 aliphatic rings. The Labute approximate surface area is 200 Å². The van der Waals surface area contributed by atoms with E-state index in [1.54, 1.807) is 16.7 Å². The minimum Gasteiger partial charge on any atom is -0.463 e. The zero-order chi connectivity index (χ0) is 24.4. The van der Waals surface area contributed by atoms with Gasteiger partial charge in [-0.2, -0.15) is 0 Å². The Kier molecular flexibility index (Phi) is 7.71. The molecule has 4 atom stereocenters. The fourth-order valence-corrected chi connectivity index (χ4v) is 3.92. The summed E-state index contributed by atoms with van der Waals surface area (Å²) >= 11 is 12.4. The van der Waals surface area contributed by atoms with Crippen molar-refractivity contribution >= 4 is 58.1 Å². The lowest BCUT2D eigenvalue weighted by Gasteiger charge is -2.25. The number of fused-ring (bicyclic) bond motifs is 1. The fourth-order valence-electron chi connectivity index (χ4n) is 3.61. The van der Waals surface area contributed by atoms with Gasteiger partial charge >= 0.3 is 17.9 Å². The van der Waals surface area contributed by atoms with E-state index in [9.17, 15) is 14.4 Å². The molecule has 12 heteroatoms. The molecule has 180 valence electrons. The molecule has 0 aliphatic carbocycles. The molecule has 0 unspecified atom stereocenters. The van der Waals surface area contributed by atoms with E-state index in [1.165, 1.54) is 20.8 Å². The van der Waals surface area contributed by atoms with Crippen molar-refractivity contribution < 1.29 is 33.3 Å². The highest BCUT2D eigenvalue weighted by Gasteiger charge is 2.51. The maximum absolute atomic E-state index is 12.0. The number of rotatable bonds is 7. The minimum atomic E-state index is -1.06. The van der Waals surface area contributed by atoms with Crippen LogP contribution in [0.2, 0.25) is 10.0 Å². The van der Waals surface area contributed by atoms with Crippen LogP contribution < -0.4 is 5.32 Å². The molecular formula is C21H25Cl2N3O7. The Morgan fingerprint density at radius 3 is 2.24 bits per heavy atom. The molecule has 0 spiro atoms. The van der Waals surface area contributed by atoms with Crippen molar-refractivity contribution in [3.05, 3.63) is 22.2 Å². The number of nitrogens with zero attached hydrogens (tertiary/aromatic N) is 2. The third kappa shape index (κ3) is 5.69. The summed E-state index contributed by atoms with van der Waals surface area (Å²) in [5, 5.41) is 3.83. The van der Waals surface area contributed by atoms with E-state index in [0.29, 0.717) is 22.0 Å². The molecule has 0 radical (unpaired) electrons. The number of hydrogen-bond donors (Lipinski definition) is 1. The number of ether oxygens (including phenoxy) is 4. The van der Waals surface area contributed by atoms with E-state index in [2.05, 4.69) is 10.3 Å². The molecule has 1 aromatic heterocycles. The molecule has 1 aliphatic heterocycles. The van der Waals surface area contributed by atoms with Crippen LogP contribution in [0.3, 0.4) is 0 Å². The number of benzene rings is 1. The van der Waals surface area contributed by atoms with Crippen molar-refractivity contribution in [3.63, 3.8) is 0 Å². The van der Waals surface area contributed by atoms with E-state index >= 15 is 0 Å². The molecule has 0 amide bonds. The maximum atomic E-state index is 12.0. The Bertz CT molecular complexity index is 1070. The Hall–Kier alpha value is -2.56. The summed E-state index contributed by atoms with van der Waals surface area (Å²) in [7, 11) is 0. The van der Waals surface area contributed by atoms with Gasteiger partial charge in [0.05, 0.1) is 21.1 Å². The first kappa shape index (κ1) is 25.1. The van der Waals surface area contributed by atoms with Crippen LogP contribution in [0.5, 0.6) is 0 Å². The van der Waals surface area contributed by atoms with Crippen LogP contribution in [0.4, 0.5) is 5.95 Å². The fraction of sp³-hybridized carbons (Fsp3) is 0.524. The summed E-state index contributed by atoms with van der Waals surface area (Å²) < 4.78 is 23.9. The Morgan fingerprint density at radius 2 is 1.67 bits per heavy atom. The van der Waals surface area contributed by atoms with Gasteiger partial charge in [0.15, 0.2) is 18.4 Å². The van der Waals surface area contributed by atoms with Crippen molar-refractivity contribution in [2.75, 3.05) is 11.9 Å². The van der Waals surface area contributed by atoms with Crippen molar-refractivity contribution in [2.24, 2.45) is 0 Å². The van der Waals surface area contributed by atoms with Gasteiger partial charge in [-0.15, -0.1) is 0 Å². The van der Waals surface area contributed by atoms with Crippen molar-refractivity contribution in [2.45, 2.75) is 65.2 Å². The zero-order valence-electron chi connectivity index (χ0n) is 18.8. The van der Waals surface area contributed by atoms with E-state index in [4.69, 9.17) is 42.1 Å². The van der Waals surface area contributed by atoms with Gasteiger partial charge in [-0.3, -0.25) is 19.0 Å². The summed E-state index contributed by atoms with van der Waals surface area (Å²) in [5.41, 5.74) is 1.06. The molecule has 10 nitrogen and oxygen atoms in total. The molecule has 1 fully saturated rings. The molecule has 0 bridgehead atoms. The van der Waals surface area contributed by atoms with E-state index < -0.39 is 42.4 Å². The average molecular weight is 502 g/mol. The number of aromatic nitrogens is 2. The molecule has 1 saturated heterocycles. The lowest BCUT2D eigenvalue weighted by molar-refractivity contribution is -0.166. The Morgan fingerprint density at radius 1 is 1.06 bits per heavy atom. The van der Waals surface area contributed by atoms with Gasteiger partial charge in [0.1, 0.15) is 12.7 Å². The van der Waals surface area contributed by atoms with E-state index in [1.807, 2.05) is 13.8 Å². The van der Waals surface area contributed by atoms with Gasteiger partial charge in [-0.05, 0) is 26.0 Å². The third-order valence-corrected chi connectivity index (χ3v) is 5.47. The summed E-state index contributed by atoms with van der Waals surface area (Å²) in [5.74, 6) is -1.36. The zero-order valence-corrected chi connectivity index (χ0v) is 20.3. The monoisotopic (exact) mass is 501 g/mol. The molecule has 33 heavy (non-hydrogen) atoms. The van der Waals surface area contributed by atoms with Crippen LogP contribution in [0.15, 0.2) is 12.1 Å². The lowest BCUT2D eigenvalue weighted by atomic mass is 10.1. The predicted octanol–water partition coefficient (Wildman–Crippen LogP) is 3.49. The van der Waals surface area contributed by atoms with Gasteiger partial charge in [-0.25, -0.2) is 4.98 Å². The molecular weight excluding hydrogens is 477 g/mol. The van der Waals surface area contributed by atoms with Gasteiger partial charge in [0.25, 0.3) is 0 Å². The van der Waals surface area contributed by atoms with Gasteiger partial charge in [-0.1, -0.05) is 23.2 Å². The summed E-state index contributed by atoms with van der Waals surface area (Å²) in [4.78, 5) is 39.8. The highest BCUT2D eigenvalue weighted by Crippen LogP contribution is 2.40. The first-order chi connectivity index (χ1) is 15.5. The molecule has 2 heterocycles. The van der Waals surface area contributed by atoms with Crippen molar-refractivity contribution in [3.8, 4) is 0 Å². The van der Waals surface area contributed by atoms with Gasteiger partial charge < -0.3 is 24.3 Å². The first-order valence-corrected chi connectivity index (χ1v) is 11.0. The summed E-state index contributed by atoms with van der Waals surface area (Å²) in [6.45, 7) is 7.34. The summed E-state index contributed by atoms with van der Waals surface area (Å²) in [6.07, 6.45) is -3.99. The molecule has 0 saturated carbocycles. The number of esters is 3. The highest BCUT2D eigenvalue weighted by molar-refractivity contribution is 6.42. The predicted molar refractivity (Wildman–Crippen MR) is 120 cm³/mol. The largest absolute Gasteiger partial charge is 0.463 e. The number of imidazole rings is 1. The van der Waals surface area contributed by atoms with Crippen LogP contribution in [0.25, 0.3) is 11.0 Å². The van der Waals surface area contributed by atoms with Crippen LogP contribution in [0.1, 0.15) is 40.8 Å². The standard InChI is InChI=1S/C21H25Cl2N3O7/c1-9(2)24-21-25-15-6-13(22)14(23)7-16(15)26(21)20-19(32-12(5)29)18(31-11(4)28)17(33-20)8-30-10(3)27/h6-7,9,17-20H,8H2,1-5H3,(H,24,25)/t17-,18-,19-,20+/m1/s1. The lowest BCUT2D eigenvalue weighted by Crippen LogP contribution is -2.40. The Balaban J connectivity index is 2.16. The first-order valence-electron chi connectivity index (χ1n) is 10.2. The maximum Gasteiger partial charge on any atom is 0.303 e. The quantitative estimate of drug-likeness (QED) is 0.448. The van der Waals surface area contributed by atoms with Crippen LogP contribution in [-0.4, -0.2) is 58.4 Å². The smallest absolute Gasteiger partial charge is 0.303 e.